The van der Waals surface area contributed by atoms with Crippen LogP contribution in [0.2, 0.25) is 0 Å². The molecule has 2 N–H and O–H groups in total. The summed E-state index contributed by atoms with van der Waals surface area (Å²) in [5.41, 5.74) is 3.08. The molecular weight excluding hydrogens is 230 g/mol. The van der Waals surface area contributed by atoms with Gasteiger partial charge in [0.25, 0.3) is 0 Å². The van der Waals surface area contributed by atoms with Gasteiger partial charge in [-0.15, -0.1) is 0 Å². The number of para-hydroxylation sites is 1. The number of hydrazone groups is 1. The predicted octanol–water partition coefficient (Wildman–Crippen LogP) is 1.92. The van der Waals surface area contributed by atoms with Crippen molar-refractivity contribution in [2.24, 2.45) is 5.10 Å². The maximum atomic E-state index is 11.5. The number of hydrogen-bond donors (Lipinski definition) is 2. The molecule has 0 unspecified atom stereocenters. The topological polar surface area (TPSA) is 70.6 Å². The summed E-state index contributed by atoms with van der Waals surface area (Å²) in [5, 5.41) is 6.40. The molecular formula is C13H17N3O2. The van der Waals surface area contributed by atoms with Crippen molar-refractivity contribution in [1.29, 1.82) is 0 Å². The van der Waals surface area contributed by atoms with Crippen LogP contribution in [-0.4, -0.2) is 18.0 Å². The zero-order chi connectivity index (χ0) is 13.2. The number of amides is 2. The molecule has 0 aromatic heterocycles. The molecule has 0 aliphatic rings. The monoisotopic (exact) mass is 247 g/mol. The fraction of sp³-hybridized carbons (Fsp3) is 0.308. The zero-order valence-corrected chi connectivity index (χ0v) is 10.3. The molecule has 0 spiro atoms. The lowest BCUT2D eigenvalue weighted by molar-refractivity contribution is -0.124. The molecule has 0 aliphatic carbocycles. The first-order chi connectivity index (χ1) is 8.72. The number of carbonyl (C=O) groups is 2. The zero-order valence-electron chi connectivity index (χ0n) is 10.3. The minimum atomic E-state index is -0.261. The summed E-state index contributed by atoms with van der Waals surface area (Å²) >= 11 is 0. The molecule has 5 nitrogen and oxygen atoms in total. The van der Waals surface area contributed by atoms with Crippen LogP contribution in [0.25, 0.3) is 0 Å². The normalized spacial score (nSPS) is 10.3. The number of nitrogens with zero attached hydrogens (tertiary/aromatic N) is 1. The molecule has 0 heterocycles. The SMILES string of the molecule is CC/C=N\NC(=O)CCC(=O)Nc1ccccc1. The summed E-state index contributed by atoms with van der Waals surface area (Å²) in [6.45, 7) is 1.92. The minimum absolute atomic E-state index is 0.125. The van der Waals surface area contributed by atoms with Gasteiger partial charge in [-0.05, 0) is 18.6 Å². The number of benzene rings is 1. The van der Waals surface area contributed by atoms with Gasteiger partial charge in [-0.25, -0.2) is 5.43 Å². The second-order valence-electron chi connectivity index (χ2n) is 3.67. The van der Waals surface area contributed by atoms with Gasteiger partial charge in [0.05, 0.1) is 0 Å². The van der Waals surface area contributed by atoms with E-state index in [1.165, 1.54) is 0 Å². The van der Waals surface area contributed by atoms with Gasteiger partial charge in [0.15, 0.2) is 0 Å². The van der Waals surface area contributed by atoms with Gasteiger partial charge < -0.3 is 5.32 Å². The molecule has 5 heteroatoms. The van der Waals surface area contributed by atoms with Crippen LogP contribution in [0.15, 0.2) is 35.4 Å². The summed E-state index contributed by atoms with van der Waals surface area (Å²) in [6.07, 6.45) is 2.62. The fourth-order valence-electron chi connectivity index (χ4n) is 1.24. The van der Waals surface area contributed by atoms with E-state index in [-0.39, 0.29) is 24.7 Å². The molecule has 0 saturated heterocycles. The average Bonchev–Trinajstić information content (AvgIpc) is 2.38. The molecule has 1 rings (SSSR count). The van der Waals surface area contributed by atoms with Crippen molar-refractivity contribution in [3.63, 3.8) is 0 Å². The number of nitrogens with one attached hydrogen (secondary N) is 2. The van der Waals surface area contributed by atoms with Gasteiger partial charge in [0.1, 0.15) is 0 Å². The van der Waals surface area contributed by atoms with Crippen LogP contribution in [0.5, 0.6) is 0 Å². The Morgan fingerprint density at radius 2 is 1.83 bits per heavy atom. The molecule has 18 heavy (non-hydrogen) atoms. The van der Waals surface area contributed by atoms with Gasteiger partial charge in [-0.3, -0.25) is 9.59 Å². The van der Waals surface area contributed by atoms with Crippen molar-refractivity contribution in [3.8, 4) is 0 Å². The van der Waals surface area contributed by atoms with Gasteiger partial charge in [0, 0.05) is 24.7 Å². The lowest BCUT2D eigenvalue weighted by Gasteiger charge is -2.04. The van der Waals surface area contributed by atoms with Gasteiger partial charge in [-0.2, -0.15) is 5.10 Å². The Kier molecular flexibility index (Phi) is 6.17. The molecule has 0 fully saturated rings. The Morgan fingerprint density at radius 1 is 1.17 bits per heavy atom. The first kappa shape index (κ1) is 13.9. The largest absolute Gasteiger partial charge is 0.326 e. The standard InChI is InChI=1S/C13H17N3O2/c1-2-10-14-16-13(18)9-8-12(17)15-11-6-4-3-5-7-11/h3-7,10H,2,8-9H2,1H3,(H,15,17)(H,16,18)/b14-10-. The molecule has 0 aliphatic heterocycles. The van der Waals surface area contributed by atoms with Gasteiger partial charge in [-0.1, -0.05) is 25.1 Å². The van der Waals surface area contributed by atoms with Crippen LogP contribution >= 0.6 is 0 Å². The van der Waals surface area contributed by atoms with Crippen molar-refractivity contribution in [2.75, 3.05) is 5.32 Å². The van der Waals surface area contributed by atoms with Crippen LogP contribution in [0.4, 0.5) is 5.69 Å². The van der Waals surface area contributed by atoms with Gasteiger partial charge >= 0.3 is 0 Å². The Hall–Kier alpha value is -2.17. The average molecular weight is 247 g/mol. The predicted molar refractivity (Wildman–Crippen MR) is 71.2 cm³/mol. The van der Waals surface area contributed by atoms with E-state index < -0.39 is 0 Å². The molecule has 2 amide bonds. The van der Waals surface area contributed by atoms with E-state index in [0.717, 1.165) is 12.1 Å². The van der Waals surface area contributed by atoms with Crippen LogP contribution in [0, 0.1) is 0 Å². The number of hydrogen-bond acceptors (Lipinski definition) is 3. The van der Waals surface area contributed by atoms with E-state index in [4.69, 9.17) is 0 Å². The van der Waals surface area contributed by atoms with E-state index >= 15 is 0 Å². The summed E-state index contributed by atoms with van der Waals surface area (Å²) in [5.74, 6) is -0.446. The van der Waals surface area contributed by atoms with E-state index in [1.807, 2.05) is 25.1 Å². The highest BCUT2D eigenvalue weighted by molar-refractivity contribution is 5.93. The van der Waals surface area contributed by atoms with Gasteiger partial charge in [0.2, 0.25) is 11.8 Å². The summed E-state index contributed by atoms with van der Waals surface area (Å²) in [6, 6.07) is 9.13. The molecule has 96 valence electrons. The van der Waals surface area contributed by atoms with E-state index in [1.54, 1.807) is 18.3 Å². The molecule has 0 radical (unpaired) electrons. The third-order valence-corrected chi connectivity index (χ3v) is 2.10. The molecule has 1 aromatic rings. The third kappa shape index (κ3) is 5.79. The van der Waals surface area contributed by atoms with Crippen molar-refractivity contribution in [3.05, 3.63) is 30.3 Å². The van der Waals surface area contributed by atoms with Crippen LogP contribution in [0.1, 0.15) is 26.2 Å². The lowest BCUT2D eigenvalue weighted by Crippen LogP contribution is -2.20. The highest BCUT2D eigenvalue weighted by atomic mass is 16.2. The minimum Gasteiger partial charge on any atom is -0.326 e. The van der Waals surface area contributed by atoms with Crippen LogP contribution < -0.4 is 10.7 Å². The quantitative estimate of drug-likeness (QED) is 0.595. The maximum absolute atomic E-state index is 11.5. The maximum Gasteiger partial charge on any atom is 0.240 e. The Bertz CT molecular complexity index is 416. The summed E-state index contributed by atoms with van der Waals surface area (Å²) in [7, 11) is 0. The van der Waals surface area contributed by atoms with Crippen molar-refractivity contribution < 1.29 is 9.59 Å². The second kappa shape index (κ2) is 8.00. The van der Waals surface area contributed by atoms with E-state index in [2.05, 4.69) is 15.8 Å². The van der Waals surface area contributed by atoms with Crippen molar-refractivity contribution in [2.45, 2.75) is 26.2 Å². The van der Waals surface area contributed by atoms with Crippen LogP contribution in [-0.2, 0) is 9.59 Å². The first-order valence-electron chi connectivity index (χ1n) is 5.87. The number of carbonyl (C=O) groups excluding carboxylic acids is 2. The number of rotatable bonds is 6. The smallest absolute Gasteiger partial charge is 0.240 e. The fourth-order valence-corrected chi connectivity index (χ4v) is 1.24. The molecule has 0 saturated carbocycles. The summed E-state index contributed by atoms with van der Waals surface area (Å²) in [4.78, 5) is 22.8. The van der Waals surface area contributed by atoms with Crippen molar-refractivity contribution in [1.82, 2.24) is 5.43 Å². The van der Waals surface area contributed by atoms with E-state index in [0.29, 0.717) is 0 Å². The Morgan fingerprint density at radius 3 is 2.50 bits per heavy atom. The molecule has 0 atom stereocenters. The second-order valence-corrected chi connectivity index (χ2v) is 3.67. The van der Waals surface area contributed by atoms with Crippen LogP contribution in [0.3, 0.4) is 0 Å². The summed E-state index contributed by atoms with van der Waals surface area (Å²) < 4.78 is 0. The Labute approximate surface area is 106 Å². The molecule has 1 aromatic carbocycles. The third-order valence-electron chi connectivity index (χ3n) is 2.10. The lowest BCUT2D eigenvalue weighted by atomic mass is 10.2. The first-order valence-corrected chi connectivity index (χ1v) is 5.87. The van der Waals surface area contributed by atoms with E-state index in [9.17, 15) is 9.59 Å². The van der Waals surface area contributed by atoms with Crippen molar-refractivity contribution >= 4 is 23.7 Å². The molecule has 0 bridgehead atoms. The highest BCUT2D eigenvalue weighted by Crippen LogP contribution is 2.05. The Balaban J connectivity index is 2.25. The highest BCUT2D eigenvalue weighted by Gasteiger charge is 2.06. The number of anilines is 1.